The monoisotopic (exact) mass is 401 g/mol. The Morgan fingerprint density at radius 3 is 2.57 bits per heavy atom. The number of nitrogens with two attached hydrogens (primary N) is 1. The van der Waals surface area contributed by atoms with Crippen LogP contribution in [0.2, 0.25) is 0 Å². The van der Waals surface area contributed by atoms with Gasteiger partial charge in [-0.1, -0.05) is 18.2 Å². The Morgan fingerprint density at radius 2 is 1.83 bits per heavy atom. The highest BCUT2D eigenvalue weighted by atomic mass is 16.5. The first-order chi connectivity index (χ1) is 14.5. The zero-order chi connectivity index (χ0) is 21.3. The lowest BCUT2D eigenvalue weighted by atomic mass is 9.95. The third-order valence-electron chi connectivity index (χ3n) is 4.86. The van der Waals surface area contributed by atoms with Crippen molar-refractivity contribution in [2.45, 2.75) is 6.92 Å². The number of hydrogen-bond donors (Lipinski definition) is 1. The average molecular weight is 401 g/mol. The Hall–Kier alpha value is -4.07. The predicted molar refractivity (Wildman–Crippen MR) is 112 cm³/mol. The van der Waals surface area contributed by atoms with Gasteiger partial charge in [-0.2, -0.15) is 10.1 Å². The van der Waals surface area contributed by atoms with Gasteiger partial charge in [-0.05, 0) is 41.8 Å². The van der Waals surface area contributed by atoms with Crippen molar-refractivity contribution in [1.29, 1.82) is 0 Å². The molecule has 0 atom stereocenters. The summed E-state index contributed by atoms with van der Waals surface area (Å²) in [7, 11) is 3.01. The van der Waals surface area contributed by atoms with Crippen molar-refractivity contribution in [2.75, 3.05) is 14.2 Å². The van der Waals surface area contributed by atoms with Gasteiger partial charge < -0.3 is 15.2 Å². The van der Waals surface area contributed by atoms with E-state index >= 15 is 0 Å². The van der Waals surface area contributed by atoms with Crippen LogP contribution in [0.4, 0.5) is 0 Å². The summed E-state index contributed by atoms with van der Waals surface area (Å²) < 4.78 is 10.5. The molecule has 8 heteroatoms. The fourth-order valence-electron chi connectivity index (χ4n) is 3.31. The van der Waals surface area contributed by atoms with Crippen molar-refractivity contribution in [3.8, 4) is 34.3 Å². The van der Waals surface area contributed by atoms with Gasteiger partial charge >= 0.3 is 6.01 Å². The van der Waals surface area contributed by atoms with Crippen LogP contribution in [0.3, 0.4) is 0 Å². The third-order valence-corrected chi connectivity index (χ3v) is 4.86. The van der Waals surface area contributed by atoms with Crippen LogP contribution in [0.25, 0.3) is 33.2 Å². The van der Waals surface area contributed by atoms with Crippen LogP contribution in [0.5, 0.6) is 11.9 Å². The summed E-state index contributed by atoms with van der Waals surface area (Å²) in [4.78, 5) is 20.0. The Morgan fingerprint density at radius 1 is 1.00 bits per heavy atom. The van der Waals surface area contributed by atoms with E-state index in [0.29, 0.717) is 22.7 Å². The molecule has 0 aliphatic heterocycles. The summed E-state index contributed by atoms with van der Waals surface area (Å²) >= 11 is 0. The summed E-state index contributed by atoms with van der Waals surface area (Å²) in [5, 5.41) is 10.2. The van der Waals surface area contributed by atoms with Crippen LogP contribution in [0.15, 0.2) is 48.8 Å². The smallest absolute Gasteiger partial charge is 0.319 e. The molecule has 2 aromatic heterocycles. The van der Waals surface area contributed by atoms with Crippen LogP contribution in [0.1, 0.15) is 15.9 Å². The number of aryl methyl sites for hydroxylation is 1. The van der Waals surface area contributed by atoms with E-state index in [2.05, 4.69) is 20.2 Å². The fraction of sp³-hybridized carbons (Fsp3) is 0.136. The quantitative estimate of drug-likeness (QED) is 0.546. The van der Waals surface area contributed by atoms with E-state index in [0.717, 1.165) is 27.5 Å². The van der Waals surface area contributed by atoms with E-state index in [4.69, 9.17) is 15.2 Å². The number of hydrogen-bond acceptors (Lipinski definition) is 7. The van der Waals surface area contributed by atoms with Gasteiger partial charge in [0.15, 0.2) is 0 Å². The van der Waals surface area contributed by atoms with Crippen LogP contribution in [-0.4, -0.2) is 40.3 Å². The summed E-state index contributed by atoms with van der Waals surface area (Å²) in [6.45, 7) is 1.99. The first kappa shape index (κ1) is 19.3. The van der Waals surface area contributed by atoms with Crippen LogP contribution < -0.4 is 15.2 Å². The maximum absolute atomic E-state index is 11.6. The zero-order valence-electron chi connectivity index (χ0n) is 16.7. The average Bonchev–Trinajstić information content (AvgIpc) is 2.78. The van der Waals surface area contributed by atoms with E-state index in [1.807, 2.05) is 31.2 Å². The van der Waals surface area contributed by atoms with Gasteiger partial charge in [0.25, 0.3) is 0 Å². The number of methoxy groups -OCH3 is 2. The van der Waals surface area contributed by atoms with Crippen molar-refractivity contribution >= 4 is 16.7 Å². The number of amides is 1. The maximum Gasteiger partial charge on any atom is 0.319 e. The molecule has 0 aliphatic carbocycles. The molecule has 2 N–H and O–H groups in total. The molecule has 2 heterocycles. The summed E-state index contributed by atoms with van der Waals surface area (Å²) in [6.07, 6.45) is 3.29. The van der Waals surface area contributed by atoms with E-state index in [1.54, 1.807) is 24.5 Å². The first-order valence-corrected chi connectivity index (χ1v) is 9.13. The largest absolute Gasteiger partial charge is 0.480 e. The van der Waals surface area contributed by atoms with Crippen LogP contribution >= 0.6 is 0 Å². The fourth-order valence-corrected chi connectivity index (χ4v) is 3.31. The van der Waals surface area contributed by atoms with E-state index in [-0.39, 0.29) is 6.01 Å². The molecule has 0 aliphatic rings. The number of ether oxygens (including phenoxy) is 2. The zero-order valence-corrected chi connectivity index (χ0v) is 16.7. The van der Waals surface area contributed by atoms with Crippen LogP contribution in [-0.2, 0) is 0 Å². The molecule has 0 radical (unpaired) electrons. The summed E-state index contributed by atoms with van der Waals surface area (Å²) in [5.41, 5.74) is 10.0. The SMILES string of the molecule is COc1ncc(-c2nncc3cc(-c4cc(C(N)=O)ccc4C)ccc23)c(OC)n1. The standard InChI is InChI=1S/C22H19N5O3/c1-12-4-5-14(20(23)28)9-17(12)13-6-7-16-15(8-13)10-25-27-19(16)18-11-24-22(30-3)26-21(18)29-2/h4-11H,1-3H3,(H2,23,28). The van der Waals surface area contributed by atoms with Gasteiger partial charge in [0.2, 0.25) is 11.8 Å². The molecule has 0 saturated carbocycles. The van der Waals surface area contributed by atoms with Crippen molar-refractivity contribution in [2.24, 2.45) is 5.73 Å². The maximum atomic E-state index is 11.6. The Kier molecular flexibility index (Phi) is 4.97. The number of nitrogens with zero attached hydrogens (tertiary/aromatic N) is 4. The number of primary amides is 1. The van der Waals surface area contributed by atoms with E-state index < -0.39 is 5.91 Å². The predicted octanol–water partition coefficient (Wildman–Crippen LogP) is 3.18. The molecular formula is C22H19N5O3. The lowest BCUT2D eigenvalue weighted by Crippen LogP contribution is -2.10. The number of carbonyl (C=O) groups excluding carboxylic acids is 1. The molecular weight excluding hydrogens is 382 g/mol. The van der Waals surface area contributed by atoms with E-state index in [9.17, 15) is 4.79 Å². The van der Waals surface area contributed by atoms with Gasteiger partial charge in [0.05, 0.1) is 26.0 Å². The molecule has 8 nitrogen and oxygen atoms in total. The summed E-state index contributed by atoms with van der Waals surface area (Å²) in [6, 6.07) is 11.5. The van der Waals surface area contributed by atoms with Crippen molar-refractivity contribution in [3.63, 3.8) is 0 Å². The molecule has 4 aromatic rings. The van der Waals surface area contributed by atoms with Gasteiger partial charge in [-0.25, -0.2) is 4.98 Å². The third kappa shape index (κ3) is 3.39. The minimum absolute atomic E-state index is 0.205. The summed E-state index contributed by atoms with van der Waals surface area (Å²) in [5.74, 6) is -0.116. The lowest BCUT2D eigenvalue weighted by Gasteiger charge is -2.12. The molecule has 1 amide bonds. The highest BCUT2D eigenvalue weighted by Crippen LogP contribution is 2.34. The molecule has 0 unspecified atom stereocenters. The molecule has 30 heavy (non-hydrogen) atoms. The minimum Gasteiger partial charge on any atom is -0.480 e. The molecule has 0 saturated heterocycles. The Labute approximate surface area is 172 Å². The second-order valence-electron chi connectivity index (χ2n) is 6.67. The van der Waals surface area contributed by atoms with Gasteiger partial charge in [0.1, 0.15) is 5.69 Å². The van der Waals surface area contributed by atoms with Crippen molar-refractivity contribution in [1.82, 2.24) is 20.2 Å². The molecule has 0 spiro atoms. The normalized spacial score (nSPS) is 10.8. The minimum atomic E-state index is -0.461. The van der Waals surface area contributed by atoms with Crippen LogP contribution in [0, 0.1) is 6.92 Å². The Balaban J connectivity index is 1.87. The number of fused-ring (bicyclic) bond motifs is 1. The molecule has 4 rings (SSSR count). The van der Waals surface area contributed by atoms with Crippen molar-refractivity contribution in [3.05, 3.63) is 59.9 Å². The highest BCUT2D eigenvalue weighted by Gasteiger charge is 2.16. The first-order valence-electron chi connectivity index (χ1n) is 9.13. The van der Waals surface area contributed by atoms with E-state index in [1.165, 1.54) is 14.2 Å². The lowest BCUT2D eigenvalue weighted by molar-refractivity contribution is 0.100. The second-order valence-corrected chi connectivity index (χ2v) is 6.67. The van der Waals surface area contributed by atoms with Gasteiger partial charge in [-0.3, -0.25) is 4.79 Å². The number of aromatic nitrogens is 4. The van der Waals surface area contributed by atoms with Gasteiger partial charge in [0, 0.05) is 22.5 Å². The number of rotatable bonds is 5. The van der Waals surface area contributed by atoms with Gasteiger partial charge in [-0.15, -0.1) is 5.10 Å². The highest BCUT2D eigenvalue weighted by molar-refractivity contribution is 5.98. The van der Waals surface area contributed by atoms with Crippen molar-refractivity contribution < 1.29 is 14.3 Å². The molecule has 150 valence electrons. The molecule has 0 bridgehead atoms. The topological polar surface area (TPSA) is 113 Å². The second kappa shape index (κ2) is 7.75. The molecule has 2 aromatic carbocycles. The number of benzene rings is 2. The Bertz CT molecular complexity index is 1270. The number of carbonyl (C=O) groups is 1. The molecule has 0 fully saturated rings.